The summed E-state index contributed by atoms with van der Waals surface area (Å²) in [7, 11) is 0. The molecule has 3 aromatic heterocycles. The van der Waals surface area contributed by atoms with Crippen molar-refractivity contribution in [3.05, 3.63) is 71.3 Å². The Morgan fingerprint density at radius 2 is 2.06 bits per heavy atom. The number of ether oxygens (including phenoxy) is 1. The molecule has 0 saturated carbocycles. The summed E-state index contributed by atoms with van der Waals surface area (Å²) >= 11 is 0. The lowest BCUT2D eigenvalue weighted by molar-refractivity contribution is 0.124. The number of hydrogen-bond acceptors (Lipinski definition) is 8. The molecule has 1 aromatic carbocycles. The van der Waals surface area contributed by atoms with Gasteiger partial charge in [-0.25, -0.2) is 9.50 Å². The van der Waals surface area contributed by atoms with E-state index in [1.165, 1.54) is 5.57 Å². The van der Waals surface area contributed by atoms with Crippen LogP contribution in [0.5, 0.6) is 0 Å². The molecule has 0 bridgehead atoms. The van der Waals surface area contributed by atoms with Gasteiger partial charge in [0, 0.05) is 23.7 Å². The van der Waals surface area contributed by atoms with Crippen LogP contribution >= 0.6 is 0 Å². The Balaban J connectivity index is 1.34. The number of benzene rings is 1. The second-order valence-corrected chi connectivity index (χ2v) is 9.85. The average Bonchev–Trinajstić information content (AvgIpc) is 3.51. The normalized spacial score (nSPS) is 15.4. The molecule has 0 saturated heterocycles. The van der Waals surface area contributed by atoms with E-state index in [0.29, 0.717) is 19.0 Å². The fraction of sp³-hybridized carbons (Fsp3) is 0.385. The summed E-state index contributed by atoms with van der Waals surface area (Å²) in [5.41, 5.74) is 7.15. The summed E-state index contributed by atoms with van der Waals surface area (Å²) in [5, 5.41) is 21.9. The van der Waals surface area contributed by atoms with E-state index in [4.69, 9.17) is 9.26 Å². The molecule has 1 aliphatic heterocycles. The molecule has 0 radical (unpaired) electrons. The predicted molar refractivity (Wildman–Crippen MR) is 131 cm³/mol. The van der Waals surface area contributed by atoms with Gasteiger partial charge in [0.1, 0.15) is 6.33 Å². The van der Waals surface area contributed by atoms with Crippen molar-refractivity contribution < 1.29 is 14.4 Å². The monoisotopic (exact) mass is 474 g/mol. The highest BCUT2D eigenvalue weighted by Gasteiger charge is 2.24. The average molecular weight is 475 g/mol. The molecule has 1 unspecified atom stereocenters. The van der Waals surface area contributed by atoms with Crippen molar-refractivity contribution in [2.24, 2.45) is 0 Å². The van der Waals surface area contributed by atoms with Gasteiger partial charge in [0.25, 0.3) is 0 Å². The van der Waals surface area contributed by atoms with Crippen LogP contribution in [0.15, 0.2) is 47.4 Å². The number of nitrogens with zero attached hydrogens (tertiary/aromatic N) is 5. The number of aliphatic hydroxyl groups is 1. The molecular weight excluding hydrogens is 444 g/mol. The molecule has 4 aromatic rings. The number of nitrogens with one attached hydrogen (secondary N) is 1. The van der Waals surface area contributed by atoms with E-state index in [1.807, 2.05) is 50.5 Å². The Kier molecular flexibility index (Phi) is 6.22. The van der Waals surface area contributed by atoms with Crippen molar-refractivity contribution in [2.75, 3.05) is 13.2 Å². The third-order valence-electron chi connectivity index (χ3n) is 6.17. The lowest BCUT2D eigenvalue weighted by Crippen LogP contribution is -2.22. The topological polar surface area (TPSA) is 111 Å². The van der Waals surface area contributed by atoms with Crippen molar-refractivity contribution in [3.8, 4) is 11.3 Å². The van der Waals surface area contributed by atoms with Crippen molar-refractivity contribution in [2.45, 2.75) is 52.3 Å². The fourth-order valence-corrected chi connectivity index (χ4v) is 4.11. The Morgan fingerprint density at radius 3 is 2.77 bits per heavy atom. The second-order valence-electron chi connectivity index (χ2n) is 9.85. The molecule has 0 aliphatic carbocycles. The van der Waals surface area contributed by atoms with Crippen LogP contribution in [-0.2, 0) is 16.7 Å². The molecule has 5 rings (SSSR count). The van der Waals surface area contributed by atoms with Crippen molar-refractivity contribution >= 4 is 11.1 Å². The maximum absolute atomic E-state index is 10.5. The van der Waals surface area contributed by atoms with Gasteiger partial charge in [-0.3, -0.25) is 5.32 Å². The van der Waals surface area contributed by atoms with Crippen LogP contribution in [-0.4, -0.2) is 43.1 Å². The van der Waals surface area contributed by atoms with E-state index in [-0.39, 0.29) is 11.2 Å². The molecule has 0 fully saturated rings. The van der Waals surface area contributed by atoms with E-state index in [9.17, 15) is 5.11 Å². The van der Waals surface area contributed by atoms with Gasteiger partial charge >= 0.3 is 0 Å². The van der Waals surface area contributed by atoms with E-state index in [2.05, 4.69) is 43.7 Å². The Labute approximate surface area is 203 Å². The number of aromatic nitrogens is 5. The molecule has 2 N–H and O–H groups in total. The van der Waals surface area contributed by atoms with E-state index in [0.717, 1.165) is 46.5 Å². The quantitative estimate of drug-likeness (QED) is 0.404. The highest BCUT2D eigenvalue weighted by Crippen LogP contribution is 2.29. The Hall–Kier alpha value is -3.40. The zero-order valence-corrected chi connectivity index (χ0v) is 20.4. The molecule has 35 heavy (non-hydrogen) atoms. The summed E-state index contributed by atoms with van der Waals surface area (Å²) in [6.45, 7) is 9.84. The first-order valence-electron chi connectivity index (χ1n) is 11.8. The summed E-state index contributed by atoms with van der Waals surface area (Å²) in [5.74, 6) is 0.725. The Morgan fingerprint density at radius 1 is 1.20 bits per heavy atom. The highest BCUT2D eigenvalue weighted by molar-refractivity contribution is 5.81. The zero-order chi connectivity index (χ0) is 24.6. The van der Waals surface area contributed by atoms with Gasteiger partial charge in [-0.05, 0) is 47.7 Å². The first-order chi connectivity index (χ1) is 16.8. The van der Waals surface area contributed by atoms with Crippen molar-refractivity contribution in [1.82, 2.24) is 30.1 Å². The smallest absolute Gasteiger partial charge is 0.232 e. The maximum Gasteiger partial charge on any atom is 0.232 e. The van der Waals surface area contributed by atoms with Crippen molar-refractivity contribution in [1.29, 1.82) is 0 Å². The van der Waals surface area contributed by atoms with Gasteiger partial charge in [-0.15, -0.1) is 0 Å². The highest BCUT2D eigenvalue weighted by atomic mass is 16.5. The van der Waals surface area contributed by atoms with Gasteiger partial charge < -0.3 is 14.4 Å². The van der Waals surface area contributed by atoms with Gasteiger partial charge in [0.2, 0.25) is 11.7 Å². The number of rotatable bonds is 6. The minimum atomic E-state index is -1.02. The first-order valence-corrected chi connectivity index (χ1v) is 11.8. The van der Waals surface area contributed by atoms with E-state index in [1.54, 1.807) is 6.33 Å². The van der Waals surface area contributed by atoms with Crippen LogP contribution in [0, 0.1) is 6.92 Å². The number of aliphatic hydroxyl groups excluding tert-OH is 1. The number of fused-ring (bicyclic) bond motifs is 1. The molecule has 4 heterocycles. The maximum atomic E-state index is 10.5. The molecular formula is C26H30N6O3. The third-order valence-corrected chi connectivity index (χ3v) is 6.17. The van der Waals surface area contributed by atoms with Gasteiger partial charge in [0.05, 0.1) is 24.4 Å². The van der Waals surface area contributed by atoms with E-state index < -0.39 is 6.23 Å². The molecule has 182 valence electrons. The Bertz CT molecular complexity index is 1380. The van der Waals surface area contributed by atoms with Crippen LogP contribution in [0.1, 0.15) is 61.8 Å². The summed E-state index contributed by atoms with van der Waals surface area (Å²) < 4.78 is 12.6. The lowest BCUT2D eigenvalue weighted by Gasteiger charge is -2.13. The molecule has 9 heteroatoms. The number of hydrogen-bond donors (Lipinski definition) is 2. The van der Waals surface area contributed by atoms with Crippen LogP contribution in [0.25, 0.3) is 22.3 Å². The first kappa shape index (κ1) is 23.3. The molecule has 9 nitrogen and oxygen atoms in total. The minimum absolute atomic E-state index is 0.233. The summed E-state index contributed by atoms with van der Waals surface area (Å²) in [4.78, 5) is 8.90. The second kappa shape index (κ2) is 9.33. The SMILES string of the molecule is Cc1cc(-c2ncnn3cc(C4=CCOCC4)cc23)ccc1CNC(O)c1noc(C(C)(C)C)n1. The zero-order valence-electron chi connectivity index (χ0n) is 20.4. The molecule has 0 amide bonds. The molecule has 0 spiro atoms. The van der Waals surface area contributed by atoms with Gasteiger partial charge in [0.15, 0.2) is 6.23 Å². The van der Waals surface area contributed by atoms with E-state index >= 15 is 0 Å². The minimum Gasteiger partial charge on any atom is -0.377 e. The fourth-order valence-electron chi connectivity index (χ4n) is 4.11. The number of aryl methyl sites for hydroxylation is 1. The van der Waals surface area contributed by atoms with Crippen LogP contribution < -0.4 is 5.32 Å². The third kappa shape index (κ3) is 4.88. The summed E-state index contributed by atoms with van der Waals surface area (Å²) in [6, 6.07) is 8.35. The van der Waals surface area contributed by atoms with Gasteiger partial charge in [-0.2, -0.15) is 10.1 Å². The van der Waals surface area contributed by atoms with Crippen LogP contribution in [0.4, 0.5) is 0 Å². The standard InChI is InChI=1S/C26H30N6O3/c1-16-11-18(5-6-19(16)13-27-24(33)23-30-25(35-31-23)26(2,3)4)22-21-12-20(14-32(21)29-15-28-22)17-7-9-34-10-8-17/h5-7,11-12,14-15,24,27,33H,8-10,13H2,1-4H3. The van der Waals surface area contributed by atoms with Crippen LogP contribution in [0.3, 0.4) is 0 Å². The van der Waals surface area contributed by atoms with Crippen molar-refractivity contribution in [3.63, 3.8) is 0 Å². The largest absolute Gasteiger partial charge is 0.377 e. The molecule has 1 aliphatic rings. The lowest BCUT2D eigenvalue weighted by atomic mass is 9.97. The van der Waals surface area contributed by atoms with Gasteiger partial charge in [-0.1, -0.05) is 44.1 Å². The molecule has 1 atom stereocenters. The predicted octanol–water partition coefficient (Wildman–Crippen LogP) is 3.97. The summed E-state index contributed by atoms with van der Waals surface area (Å²) in [6.07, 6.45) is 5.64. The van der Waals surface area contributed by atoms with Crippen LogP contribution in [0.2, 0.25) is 0 Å².